The number of piperazine rings is 1. The Kier molecular flexibility index (Phi) is 5.32. The smallest absolute Gasteiger partial charge is 0.239 e. The molecule has 3 fully saturated rings. The van der Waals surface area contributed by atoms with Crippen LogP contribution in [0.2, 0.25) is 0 Å². The first-order chi connectivity index (χ1) is 12.6. The Balaban J connectivity index is 1.36. The number of rotatable bonds is 3. The van der Waals surface area contributed by atoms with E-state index in [1.807, 2.05) is 29.2 Å². The van der Waals surface area contributed by atoms with Gasteiger partial charge in [0.15, 0.2) is 0 Å². The molecule has 0 bridgehead atoms. The van der Waals surface area contributed by atoms with Crippen LogP contribution in [-0.2, 0) is 9.59 Å². The predicted molar refractivity (Wildman–Crippen MR) is 105 cm³/mol. The molecule has 140 valence electrons. The van der Waals surface area contributed by atoms with Gasteiger partial charge in [-0.25, -0.2) is 0 Å². The van der Waals surface area contributed by atoms with Crippen LogP contribution in [0.25, 0.3) is 0 Å². The summed E-state index contributed by atoms with van der Waals surface area (Å²) in [5.74, 6) is -0.531. The van der Waals surface area contributed by atoms with Crippen molar-refractivity contribution in [1.29, 1.82) is 0 Å². The number of nitrogens with zero attached hydrogens (tertiary/aromatic N) is 3. The minimum Gasteiger partial charge on any atom is -0.339 e. The van der Waals surface area contributed by atoms with E-state index >= 15 is 0 Å². The number of carbonyl (C=O) groups is 2. The van der Waals surface area contributed by atoms with Crippen LogP contribution in [0.5, 0.6) is 0 Å². The van der Waals surface area contributed by atoms with Crippen molar-refractivity contribution in [2.75, 3.05) is 37.6 Å². The van der Waals surface area contributed by atoms with Gasteiger partial charge >= 0.3 is 0 Å². The maximum atomic E-state index is 12.9. The summed E-state index contributed by atoms with van der Waals surface area (Å²) in [5.41, 5.74) is 0.866. The van der Waals surface area contributed by atoms with Crippen LogP contribution in [0.4, 0.5) is 5.69 Å². The molecule has 2 heterocycles. The highest BCUT2D eigenvalue weighted by molar-refractivity contribution is 9.10. The Morgan fingerprint density at radius 2 is 1.73 bits per heavy atom. The van der Waals surface area contributed by atoms with Gasteiger partial charge in [-0.05, 0) is 37.5 Å². The number of halogens is 1. The Morgan fingerprint density at radius 3 is 2.42 bits per heavy atom. The summed E-state index contributed by atoms with van der Waals surface area (Å²) >= 11 is 3.45. The molecule has 6 heteroatoms. The van der Waals surface area contributed by atoms with E-state index in [9.17, 15) is 9.59 Å². The molecule has 4 rings (SSSR count). The van der Waals surface area contributed by atoms with Gasteiger partial charge in [0.05, 0.1) is 0 Å². The van der Waals surface area contributed by atoms with E-state index in [0.29, 0.717) is 19.0 Å². The summed E-state index contributed by atoms with van der Waals surface area (Å²) in [6.45, 7) is 4.04. The standard InChI is InChI=1S/C20H26BrN3O2/c21-15-4-3-7-17(14-15)24-9-8-18(20(24)26)19(25)23-12-10-22(11-13-23)16-5-1-2-6-16/h3-4,7,14,16,18H,1-2,5-6,8-13H2. The van der Waals surface area contributed by atoms with Gasteiger partial charge in [0, 0.05) is 48.9 Å². The highest BCUT2D eigenvalue weighted by Crippen LogP contribution is 2.29. The number of anilines is 1. The summed E-state index contributed by atoms with van der Waals surface area (Å²) in [7, 11) is 0. The zero-order valence-corrected chi connectivity index (χ0v) is 16.7. The zero-order valence-electron chi connectivity index (χ0n) is 15.1. The molecule has 3 aliphatic rings. The van der Waals surface area contributed by atoms with Gasteiger partial charge in [0.25, 0.3) is 0 Å². The van der Waals surface area contributed by atoms with E-state index in [0.717, 1.165) is 36.3 Å². The van der Waals surface area contributed by atoms with E-state index in [1.54, 1.807) is 4.90 Å². The van der Waals surface area contributed by atoms with Crippen LogP contribution < -0.4 is 4.90 Å². The molecule has 1 atom stereocenters. The largest absolute Gasteiger partial charge is 0.339 e. The van der Waals surface area contributed by atoms with Crippen molar-refractivity contribution in [3.63, 3.8) is 0 Å². The molecule has 5 nitrogen and oxygen atoms in total. The van der Waals surface area contributed by atoms with Crippen molar-refractivity contribution < 1.29 is 9.59 Å². The number of carbonyl (C=O) groups excluding carboxylic acids is 2. The fourth-order valence-electron chi connectivity index (χ4n) is 4.61. The predicted octanol–water partition coefficient (Wildman–Crippen LogP) is 2.89. The third-order valence-corrected chi connectivity index (χ3v) is 6.58. The SMILES string of the molecule is O=C(C1CCN(c2cccc(Br)c2)C1=O)N1CCN(C2CCCC2)CC1. The lowest BCUT2D eigenvalue weighted by molar-refractivity contribution is -0.141. The molecule has 1 aliphatic carbocycles. The Labute approximate surface area is 163 Å². The summed E-state index contributed by atoms with van der Waals surface area (Å²) in [5, 5.41) is 0. The number of hydrogen-bond donors (Lipinski definition) is 0. The molecule has 2 saturated heterocycles. The van der Waals surface area contributed by atoms with E-state index in [1.165, 1.54) is 25.7 Å². The number of hydrogen-bond acceptors (Lipinski definition) is 3. The lowest BCUT2D eigenvalue weighted by Crippen LogP contribution is -2.53. The topological polar surface area (TPSA) is 43.9 Å². The average molecular weight is 420 g/mol. The van der Waals surface area contributed by atoms with Crippen molar-refractivity contribution in [3.05, 3.63) is 28.7 Å². The van der Waals surface area contributed by atoms with Crippen molar-refractivity contribution in [1.82, 2.24) is 9.80 Å². The third-order valence-electron chi connectivity index (χ3n) is 6.09. The zero-order chi connectivity index (χ0) is 18.1. The van der Waals surface area contributed by atoms with Crippen LogP contribution in [-0.4, -0.2) is 60.4 Å². The second-order valence-electron chi connectivity index (χ2n) is 7.61. The molecule has 1 saturated carbocycles. The minimum atomic E-state index is -0.507. The van der Waals surface area contributed by atoms with Crippen LogP contribution in [0.3, 0.4) is 0 Å². The molecule has 0 aromatic heterocycles. The summed E-state index contributed by atoms with van der Waals surface area (Å²) in [6.07, 6.45) is 5.90. The van der Waals surface area contributed by atoms with Gasteiger partial charge in [0.2, 0.25) is 11.8 Å². The van der Waals surface area contributed by atoms with Crippen molar-refractivity contribution >= 4 is 33.4 Å². The minimum absolute atomic E-state index is 0.0265. The first-order valence-electron chi connectivity index (χ1n) is 9.73. The average Bonchev–Trinajstić information content (AvgIpc) is 3.31. The fraction of sp³-hybridized carbons (Fsp3) is 0.600. The van der Waals surface area contributed by atoms with E-state index in [2.05, 4.69) is 20.8 Å². The molecule has 0 spiro atoms. The Morgan fingerprint density at radius 1 is 1.00 bits per heavy atom. The fourth-order valence-corrected chi connectivity index (χ4v) is 4.99. The van der Waals surface area contributed by atoms with E-state index in [-0.39, 0.29) is 11.8 Å². The van der Waals surface area contributed by atoms with Gasteiger partial charge in [0.1, 0.15) is 5.92 Å². The van der Waals surface area contributed by atoms with Crippen LogP contribution in [0, 0.1) is 5.92 Å². The van der Waals surface area contributed by atoms with Crippen molar-refractivity contribution in [3.8, 4) is 0 Å². The second kappa shape index (κ2) is 7.69. The Bertz CT molecular complexity index is 681. The van der Waals surface area contributed by atoms with Crippen LogP contribution >= 0.6 is 15.9 Å². The normalized spacial score (nSPS) is 25.3. The van der Waals surface area contributed by atoms with Crippen LogP contribution in [0.15, 0.2) is 28.7 Å². The molecule has 1 aromatic carbocycles. The van der Waals surface area contributed by atoms with Gasteiger partial charge in [-0.1, -0.05) is 34.8 Å². The van der Waals surface area contributed by atoms with Crippen molar-refractivity contribution in [2.45, 2.75) is 38.1 Å². The first kappa shape index (κ1) is 18.0. The summed E-state index contributed by atoms with van der Waals surface area (Å²) in [4.78, 5) is 32.0. The molecule has 1 unspecified atom stereocenters. The van der Waals surface area contributed by atoms with Gasteiger partial charge in [-0.15, -0.1) is 0 Å². The molecular weight excluding hydrogens is 394 g/mol. The highest BCUT2D eigenvalue weighted by atomic mass is 79.9. The van der Waals surface area contributed by atoms with Gasteiger partial charge in [-0.2, -0.15) is 0 Å². The molecule has 1 aromatic rings. The maximum Gasteiger partial charge on any atom is 0.239 e. The maximum absolute atomic E-state index is 12.9. The van der Waals surface area contributed by atoms with E-state index < -0.39 is 5.92 Å². The molecular formula is C20H26BrN3O2. The molecule has 0 N–H and O–H groups in total. The van der Waals surface area contributed by atoms with Crippen LogP contribution in [0.1, 0.15) is 32.1 Å². The molecule has 26 heavy (non-hydrogen) atoms. The molecule has 2 amide bonds. The Hall–Kier alpha value is -1.40. The number of amides is 2. The summed E-state index contributed by atoms with van der Waals surface area (Å²) in [6, 6.07) is 8.44. The first-order valence-corrected chi connectivity index (χ1v) is 10.5. The monoisotopic (exact) mass is 419 g/mol. The highest BCUT2D eigenvalue weighted by Gasteiger charge is 2.40. The van der Waals surface area contributed by atoms with Crippen molar-refractivity contribution in [2.24, 2.45) is 5.92 Å². The second-order valence-corrected chi connectivity index (χ2v) is 8.53. The number of benzene rings is 1. The lowest BCUT2D eigenvalue weighted by atomic mass is 10.1. The third kappa shape index (κ3) is 3.54. The summed E-state index contributed by atoms with van der Waals surface area (Å²) < 4.78 is 0.945. The quantitative estimate of drug-likeness (QED) is 0.707. The molecule has 2 aliphatic heterocycles. The lowest BCUT2D eigenvalue weighted by Gasteiger charge is -2.38. The van der Waals surface area contributed by atoms with E-state index in [4.69, 9.17) is 0 Å². The molecule has 0 radical (unpaired) electrons. The van der Waals surface area contributed by atoms with Gasteiger partial charge in [-0.3, -0.25) is 14.5 Å². The van der Waals surface area contributed by atoms with Gasteiger partial charge < -0.3 is 9.80 Å².